The van der Waals surface area contributed by atoms with Crippen LogP contribution in [0.1, 0.15) is 47.0 Å². The molecule has 0 aromatic rings. The van der Waals surface area contributed by atoms with Crippen molar-refractivity contribution in [1.82, 2.24) is 10.2 Å². The third-order valence-electron chi connectivity index (χ3n) is 5.40. The summed E-state index contributed by atoms with van der Waals surface area (Å²) in [6.07, 6.45) is 4.23. The Morgan fingerprint density at radius 2 is 1.95 bits per heavy atom. The highest BCUT2D eigenvalue weighted by molar-refractivity contribution is 4.97. The zero-order valence-electron chi connectivity index (χ0n) is 13.4. The van der Waals surface area contributed by atoms with E-state index >= 15 is 0 Å². The van der Waals surface area contributed by atoms with Crippen LogP contribution in [-0.4, -0.2) is 49.3 Å². The Labute approximate surface area is 119 Å². The molecule has 0 amide bonds. The molecule has 112 valence electrons. The van der Waals surface area contributed by atoms with Gasteiger partial charge in [-0.3, -0.25) is 4.90 Å². The van der Waals surface area contributed by atoms with Gasteiger partial charge >= 0.3 is 0 Å². The lowest BCUT2D eigenvalue weighted by molar-refractivity contribution is -0.0626. The van der Waals surface area contributed by atoms with Gasteiger partial charge < -0.3 is 10.1 Å². The highest BCUT2D eigenvalue weighted by Crippen LogP contribution is 2.33. The van der Waals surface area contributed by atoms with E-state index in [2.05, 4.69) is 37.9 Å². The predicted molar refractivity (Wildman–Crippen MR) is 80.4 cm³/mol. The minimum atomic E-state index is 0.509. The van der Waals surface area contributed by atoms with Crippen molar-refractivity contribution in [3.8, 4) is 0 Å². The van der Waals surface area contributed by atoms with E-state index in [9.17, 15) is 0 Å². The molecular formula is C16H32N2O. The van der Waals surface area contributed by atoms with Crippen LogP contribution < -0.4 is 5.32 Å². The maximum absolute atomic E-state index is 5.46. The molecule has 0 radical (unpaired) electrons. The molecule has 2 rings (SSSR count). The van der Waals surface area contributed by atoms with Crippen molar-refractivity contribution < 1.29 is 4.74 Å². The maximum Gasteiger partial charge on any atom is 0.0601 e. The van der Waals surface area contributed by atoms with Crippen molar-refractivity contribution in [3.63, 3.8) is 0 Å². The van der Waals surface area contributed by atoms with E-state index in [-0.39, 0.29) is 0 Å². The van der Waals surface area contributed by atoms with Crippen LogP contribution >= 0.6 is 0 Å². The standard InChI is InChI=1S/C16H32N2O/c1-6-12(4)15-10-18(13-7-14(8-13)19-5)16(9-17-15)11(2)3/h11-17H,6-10H2,1-5H3. The molecule has 1 heterocycles. The second kappa shape index (κ2) is 6.55. The van der Waals surface area contributed by atoms with Crippen LogP contribution in [0.15, 0.2) is 0 Å². The molecule has 3 nitrogen and oxygen atoms in total. The summed E-state index contributed by atoms with van der Waals surface area (Å²) in [6, 6.07) is 2.12. The van der Waals surface area contributed by atoms with E-state index in [1.54, 1.807) is 0 Å². The quantitative estimate of drug-likeness (QED) is 0.829. The molecule has 0 aromatic carbocycles. The van der Waals surface area contributed by atoms with Crippen LogP contribution in [0.2, 0.25) is 0 Å². The van der Waals surface area contributed by atoms with Crippen molar-refractivity contribution in [3.05, 3.63) is 0 Å². The number of nitrogens with zero attached hydrogens (tertiary/aromatic N) is 1. The number of ether oxygens (including phenoxy) is 1. The van der Waals surface area contributed by atoms with Gasteiger partial charge in [0, 0.05) is 38.3 Å². The smallest absolute Gasteiger partial charge is 0.0601 e. The van der Waals surface area contributed by atoms with E-state index in [4.69, 9.17) is 4.74 Å². The first-order valence-corrected chi connectivity index (χ1v) is 8.08. The van der Waals surface area contributed by atoms with Gasteiger partial charge in [-0.25, -0.2) is 0 Å². The minimum absolute atomic E-state index is 0.509. The highest BCUT2D eigenvalue weighted by atomic mass is 16.5. The second-order valence-corrected chi connectivity index (χ2v) is 6.89. The van der Waals surface area contributed by atoms with Crippen LogP contribution in [0, 0.1) is 11.8 Å². The van der Waals surface area contributed by atoms with Gasteiger partial charge in [0.25, 0.3) is 0 Å². The Kier molecular flexibility index (Phi) is 5.27. The third-order valence-corrected chi connectivity index (χ3v) is 5.40. The molecule has 1 aliphatic carbocycles. The summed E-state index contributed by atoms with van der Waals surface area (Å²) in [5.41, 5.74) is 0. The monoisotopic (exact) mass is 268 g/mol. The fourth-order valence-corrected chi connectivity index (χ4v) is 3.52. The average Bonchev–Trinajstić information content (AvgIpc) is 2.36. The lowest BCUT2D eigenvalue weighted by atomic mass is 9.83. The fourth-order valence-electron chi connectivity index (χ4n) is 3.52. The summed E-state index contributed by atoms with van der Waals surface area (Å²) in [6.45, 7) is 11.8. The number of nitrogens with one attached hydrogen (secondary N) is 1. The SMILES string of the molecule is CCC(C)C1CN(C2CC(OC)C2)C(C(C)C)CN1. The van der Waals surface area contributed by atoms with E-state index in [1.807, 2.05) is 7.11 Å². The third kappa shape index (κ3) is 3.32. The first-order valence-electron chi connectivity index (χ1n) is 8.08. The van der Waals surface area contributed by atoms with E-state index in [0.29, 0.717) is 18.2 Å². The van der Waals surface area contributed by atoms with E-state index in [1.165, 1.54) is 25.8 Å². The van der Waals surface area contributed by atoms with Gasteiger partial charge in [0.2, 0.25) is 0 Å². The number of piperazine rings is 1. The van der Waals surface area contributed by atoms with Crippen molar-refractivity contribution in [1.29, 1.82) is 0 Å². The summed E-state index contributed by atoms with van der Waals surface area (Å²) >= 11 is 0. The van der Waals surface area contributed by atoms with Crippen molar-refractivity contribution >= 4 is 0 Å². The summed E-state index contributed by atoms with van der Waals surface area (Å²) < 4.78 is 5.46. The molecule has 1 N–H and O–H groups in total. The first kappa shape index (κ1) is 15.3. The fraction of sp³-hybridized carbons (Fsp3) is 1.00. The van der Waals surface area contributed by atoms with E-state index in [0.717, 1.165) is 24.4 Å². The molecule has 0 bridgehead atoms. The Balaban J connectivity index is 1.97. The van der Waals surface area contributed by atoms with Crippen molar-refractivity contribution in [2.75, 3.05) is 20.2 Å². The van der Waals surface area contributed by atoms with E-state index < -0.39 is 0 Å². The van der Waals surface area contributed by atoms with Gasteiger partial charge in [-0.1, -0.05) is 34.1 Å². The zero-order valence-corrected chi connectivity index (χ0v) is 13.4. The van der Waals surface area contributed by atoms with Crippen LogP contribution in [0.5, 0.6) is 0 Å². The zero-order chi connectivity index (χ0) is 14.0. The molecule has 19 heavy (non-hydrogen) atoms. The number of methoxy groups -OCH3 is 1. The van der Waals surface area contributed by atoms with Gasteiger partial charge in [-0.15, -0.1) is 0 Å². The molecule has 1 saturated heterocycles. The summed E-state index contributed by atoms with van der Waals surface area (Å²) in [7, 11) is 1.85. The molecule has 3 heteroatoms. The molecular weight excluding hydrogens is 236 g/mol. The van der Waals surface area contributed by atoms with Gasteiger partial charge in [-0.2, -0.15) is 0 Å². The summed E-state index contributed by atoms with van der Waals surface area (Å²) in [5.74, 6) is 1.50. The molecule has 3 atom stereocenters. The Hall–Kier alpha value is -0.120. The normalized spacial score (nSPS) is 38.2. The van der Waals surface area contributed by atoms with Crippen LogP contribution in [0.3, 0.4) is 0 Å². The number of hydrogen-bond acceptors (Lipinski definition) is 3. The average molecular weight is 268 g/mol. The minimum Gasteiger partial charge on any atom is -0.381 e. The molecule has 1 aliphatic heterocycles. The molecule has 0 aromatic heterocycles. The van der Waals surface area contributed by atoms with Crippen molar-refractivity contribution in [2.45, 2.75) is 71.2 Å². The predicted octanol–water partition coefficient (Wildman–Crippen LogP) is 2.51. The van der Waals surface area contributed by atoms with Gasteiger partial charge in [-0.05, 0) is 24.7 Å². The maximum atomic E-state index is 5.46. The van der Waals surface area contributed by atoms with Crippen LogP contribution in [-0.2, 0) is 4.74 Å². The largest absolute Gasteiger partial charge is 0.381 e. The lowest BCUT2D eigenvalue weighted by Gasteiger charge is -2.52. The molecule has 3 unspecified atom stereocenters. The first-order chi connectivity index (χ1) is 9.06. The topological polar surface area (TPSA) is 24.5 Å². The Morgan fingerprint density at radius 1 is 1.26 bits per heavy atom. The van der Waals surface area contributed by atoms with Crippen LogP contribution in [0.25, 0.3) is 0 Å². The Morgan fingerprint density at radius 3 is 2.47 bits per heavy atom. The Bertz CT molecular complexity index is 276. The van der Waals surface area contributed by atoms with Gasteiger partial charge in [0.05, 0.1) is 6.10 Å². The summed E-state index contributed by atoms with van der Waals surface area (Å²) in [4.78, 5) is 2.79. The molecule has 2 fully saturated rings. The lowest BCUT2D eigenvalue weighted by Crippen LogP contribution is -2.65. The molecule has 0 spiro atoms. The number of hydrogen-bond donors (Lipinski definition) is 1. The molecule has 1 saturated carbocycles. The van der Waals surface area contributed by atoms with Gasteiger partial charge in [0.1, 0.15) is 0 Å². The van der Waals surface area contributed by atoms with Crippen LogP contribution in [0.4, 0.5) is 0 Å². The number of rotatable bonds is 5. The summed E-state index contributed by atoms with van der Waals surface area (Å²) in [5, 5.41) is 3.79. The van der Waals surface area contributed by atoms with Gasteiger partial charge in [0.15, 0.2) is 0 Å². The highest BCUT2D eigenvalue weighted by Gasteiger charge is 2.41. The second-order valence-electron chi connectivity index (χ2n) is 6.89. The molecule has 2 aliphatic rings. The van der Waals surface area contributed by atoms with Crippen molar-refractivity contribution in [2.24, 2.45) is 11.8 Å².